The maximum Gasteiger partial charge on any atom is 0.410 e. The van der Waals surface area contributed by atoms with E-state index in [2.05, 4.69) is 9.97 Å². The van der Waals surface area contributed by atoms with Crippen molar-refractivity contribution in [1.82, 2.24) is 19.8 Å². The molecule has 2 fully saturated rings. The molecular weight excluding hydrogens is 652 g/mol. The summed E-state index contributed by atoms with van der Waals surface area (Å²) in [5.74, 6) is -0.0515. The van der Waals surface area contributed by atoms with E-state index in [1.54, 1.807) is 21.9 Å². The highest BCUT2D eigenvalue weighted by Gasteiger charge is 2.29. The summed E-state index contributed by atoms with van der Waals surface area (Å²) in [5, 5.41) is 0. The maximum atomic E-state index is 12.1. The average molecular weight is 703 g/mol. The largest absolute Gasteiger partial charge is 0.480 e. The second kappa shape index (κ2) is 17.1. The van der Waals surface area contributed by atoms with Crippen LogP contribution in [0, 0.1) is 0 Å². The smallest absolute Gasteiger partial charge is 0.410 e. The molecule has 50 heavy (non-hydrogen) atoms. The zero-order valence-electron chi connectivity index (χ0n) is 30.7. The molecule has 0 bridgehead atoms. The van der Waals surface area contributed by atoms with Crippen molar-refractivity contribution < 1.29 is 47.6 Å². The molecule has 0 saturated carbocycles. The summed E-state index contributed by atoms with van der Waals surface area (Å²) < 4.78 is 30.9. The number of hydrogen-bond acceptors (Lipinski definition) is 14. The number of esters is 2. The zero-order valence-corrected chi connectivity index (χ0v) is 30.7. The molecule has 276 valence electrons. The van der Waals surface area contributed by atoms with Gasteiger partial charge >= 0.3 is 24.1 Å². The molecule has 16 heteroatoms. The van der Waals surface area contributed by atoms with E-state index in [0.717, 1.165) is 0 Å². The van der Waals surface area contributed by atoms with Crippen LogP contribution in [-0.4, -0.2) is 136 Å². The number of rotatable bonds is 6. The fourth-order valence-corrected chi connectivity index (χ4v) is 5.02. The Balaban J connectivity index is 0.000000270. The number of aromatic nitrogens is 2. The number of hydrogen-bond donors (Lipinski definition) is 0. The van der Waals surface area contributed by atoms with Crippen molar-refractivity contribution in [2.75, 3.05) is 90.6 Å². The molecule has 0 atom stereocenters. The summed E-state index contributed by atoms with van der Waals surface area (Å²) in [6, 6.07) is 3.39. The molecule has 4 rings (SSSR count). The van der Waals surface area contributed by atoms with Crippen molar-refractivity contribution in [3.05, 3.63) is 35.7 Å². The van der Waals surface area contributed by atoms with Gasteiger partial charge in [0.25, 0.3) is 0 Å². The van der Waals surface area contributed by atoms with Gasteiger partial charge in [-0.25, -0.2) is 29.1 Å². The van der Waals surface area contributed by atoms with Crippen molar-refractivity contribution >= 4 is 35.5 Å². The van der Waals surface area contributed by atoms with E-state index in [0.29, 0.717) is 86.6 Å². The minimum absolute atomic E-state index is 0.319. The number of anilines is 2. The molecular formula is C34H50N6O10. The molecule has 0 aliphatic carbocycles. The van der Waals surface area contributed by atoms with E-state index in [9.17, 15) is 19.2 Å². The molecule has 4 heterocycles. The van der Waals surface area contributed by atoms with E-state index in [1.165, 1.54) is 40.8 Å². The first kappa shape index (κ1) is 39.4. The molecule has 2 aliphatic heterocycles. The first-order valence-electron chi connectivity index (χ1n) is 16.2. The Labute approximate surface area is 293 Å². The summed E-state index contributed by atoms with van der Waals surface area (Å²) in [5.41, 5.74) is 1.08. The Hall–Kier alpha value is -5.02. The van der Waals surface area contributed by atoms with Gasteiger partial charge in [0.1, 0.15) is 22.6 Å². The van der Waals surface area contributed by atoms with Crippen LogP contribution in [0.5, 0.6) is 11.8 Å². The number of ether oxygens (including phenoxy) is 6. The third-order valence-corrected chi connectivity index (χ3v) is 7.44. The topological polar surface area (TPSA) is 162 Å². The molecule has 2 aromatic rings. The van der Waals surface area contributed by atoms with Gasteiger partial charge in [0.05, 0.1) is 39.6 Å². The van der Waals surface area contributed by atoms with Crippen molar-refractivity contribution in [2.45, 2.75) is 52.7 Å². The van der Waals surface area contributed by atoms with E-state index >= 15 is 0 Å². The second-order valence-corrected chi connectivity index (χ2v) is 13.4. The van der Waals surface area contributed by atoms with Gasteiger partial charge in [-0.05, 0) is 53.7 Å². The lowest BCUT2D eigenvalue weighted by Gasteiger charge is -2.37. The van der Waals surface area contributed by atoms with E-state index in [-0.39, 0.29) is 12.2 Å². The molecule has 0 N–H and O–H groups in total. The van der Waals surface area contributed by atoms with Crippen molar-refractivity contribution in [1.29, 1.82) is 0 Å². The minimum Gasteiger partial charge on any atom is -0.480 e. The van der Waals surface area contributed by atoms with E-state index < -0.39 is 23.1 Å². The highest BCUT2D eigenvalue weighted by molar-refractivity contribution is 5.91. The lowest BCUT2D eigenvalue weighted by atomic mass is 10.2. The first-order chi connectivity index (χ1) is 23.5. The summed E-state index contributed by atoms with van der Waals surface area (Å²) in [6.45, 7) is 15.5. The van der Waals surface area contributed by atoms with Crippen LogP contribution in [0.1, 0.15) is 62.3 Å². The van der Waals surface area contributed by atoms with Crippen LogP contribution in [0.2, 0.25) is 0 Å². The van der Waals surface area contributed by atoms with Gasteiger partial charge in [0.15, 0.2) is 0 Å². The summed E-state index contributed by atoms with van der Waals surface area (Å²) in [6.07, 6.45) is 2.21. The van der Waals surface area contributed by atoms with Gasteiger partial charge in [-0.2, -0.15) is 0 Å². The van der Waals surface area contributed by atoms with Gasteiger partial charge in [0, 0.05) is 64.8 Å². The molecule has 0 unspecified atom stereocenters. The number of carbonyl (C=O) groups excluding carboxylic acids is 4. The normalized spacial score (nSPS) is 14.9. The number of amides is 2. The van der Waals surface area contributed by atoms with Crippen LogP contribution >= 0.6 is 0 Å². The van der Waals surface area contributed by atoms with Crippen LogP contribution < -0.4 is 19.3 Å². The fraction of sp³-hybridized carbons (Fsp3) is 0.588. The molecule has 2 amide bonds. The van der Waals surface area contributed by atoms with E-state index in [4.69, 9.17) is 28.4 Å². The molecule has 2 aromatic heterocycles. The number of methoxy groups -OCH3 is 4. The third kappa shape index (κ3) is 11.0. The first-order valence-corrected chi connectivity index (χ1v) is 16.2. The summed E-state index contributed by atoms with van der Waals surface area (Å²) in [4.78, 5) is 63.5. The molecule has 0 radical (unpaired) electrons. The average Bonchev–Trinajstić information content (AvgIpc) is 3.09. The molecule has 16 nitrogen and oxygen atoms in total. The minimum atomic E-state index is -0.518. The number of pyridine rings is 2. The van der Waals surface area contributed by atoms with Gasteiger partial charge in [-0.15, -0.1) is 0 Å². The Morgan fingerprint density at radius 2 is 0.880 bits per heavy atom. The predicted molar refractivity (Wildman–Crippen MR) is 184 cm³/mol. The zero-order chi connectivity index (χ0) is 37.2. The van der Waals surface area contributed by atoms with Gasteiger partial charge in [-0.3, -0.25) is 0 Å². The SMILES string of the molecule is COC(=O)c1cnc(OC)c(N2CCN(C(=O)OC(C)(C)C)CC2)c1.COC(=O)c1cnc(OC)c(N2CCN(C(=O)OC(C)(C)C)CC2)c1. The number of carbonyl (C=O) groups is 4. The molecule has 0 aromatic carbocycles. The predicted octanol–water partition coefficient (Wildman–Crippen LogP) is 3.87. The Morgan fingerprint density at radius 3 is 1.14 bits per heavy atom. The van der Waals surface area contributed by atoms with Gasteiger partial charge < -0.3 is 48.0 Å². The number of piperazine rings is 2. The van der Waals surface area contributed by atoms with E-state index in [1.807, 2.05) is 51.3 Å². The maximum absolute atomic E-state index is 12.1. The van der Waals surface area contributed by atoms with Crippen molar-refractivity contribution in [3.8, 4) is 11.8 Å². The van der Waals surface area contributed by atoms with Crippen LogP contribution in [0.3, 0.4) is 0 Å². The second-order valence-electron chi connectivity index (χ2n) is 13.4. The van der Waals surface area contributed by atoms with Crippen LogP contribution in [0.4, 0.5) is 21.0 Å². The van der Waals surface area contributed by atoms with Gasteiger partial charge in [-0.1, -0.05) is 0 Å². The highest BCUT2D eigenvalue weighted by atomic mass is 16.6. The number of nitrogens with zero attached hydrogens (tertiary/aromatic N) is 6. The van der Waals surface area contributed by atoms with Crippen LogP contribution in [-0.2, 0) is 18.9 Å². The standard InChI is InChI=1S/2C17H25N3O5/c2*1-17(2,3)25-16(22)20-8-6-19(7-9-20)13-10-12(15(21)24-5)11-18-14(13)23-4/h2*10-11H,6-9H2,1-5H3. The molecule has 2 aliphatic rings. The van der Waals surface area contributed by atoms with Crippen LogP contribution in [0.15, 0.2) is 24.5 Å². The van der Waals surface area contributed by atoms with Crippen molar-refractivity contribution in [3.63, 3.8) is 0 Å². The summed E-state index contributed by atoms with van der Waals surface area (Å²) in [7, 11) is 5.71. The lowest BCUT2D eigenvalue weighted by Crippen LogP contribution is -2.50. The monoisotopic (exact) mass is 702 g/mol. The fourth-order valence-electron chi connectivity index (χ4n) is 5.02. The Bertz CT molecular complexity index is 1380. The summed E-state index contributed by atoms with van der Waals surface area (Å²) >= 11 is 0. The third-order valence-electron chi connectivity index (χ3n) is 7.44. The van der Waals surface area contributed by atoms with Crippen LogP contribution in [0.25, 0.3) is 0 Å². The molecule has 0 spiro atoms. The Kier molecular flexibility index (Phi) is 13.5. The van der Waals surface area contributed by atoms with Crippen molar-refractivity contribution in [2.24, 2.45) is 0 Å². The van der Waals surface area contributed by atoms with Gasteiger partial charge in [0.2, 0.25) is 11.8 Å². The highest BCUT2D eigenvalue weighted by Crippen LogP contribution is 2.30. The lowest BCUT2D eigenvalue weighted by molar-refractivity contribution is 0.0230. The Morgan fingerprint density at radius 1 is 0.560 bits per heavy atom. The molecule has 2 saturated heterocycles. The quantitative estimate of drug-likeness (QED) is 0.315.